The fraction of sp³-hybridized carbons (Fsp3) is 0.529. The molecule has 0 saturated heterocycles. The van der Waals surface area contributed by atoms with Crippen LogP contribution >= 0.6 is 15.9 Å². The third kappa shape index (κ3) is 3.44. The standard InChI is InChI=1S/C17H24BrNO/c1-12(20)15-6-5-14(11-16(15)18)19-9-7-13(8-10-19)17(2,3)4/h5-7,11-12,20H,8-10H2,1-4H3/t12-/m1/s1. The number of rotatable bonds is 2. The Morgan fingerprint density at radius 3 is 2.45 bits per heavy atom. The maximum atomic E-state index is 9.68. The summed E-state index contributed by atoms with van der Waals surface area (Å²) in [7, 11) is 0. The molecule has 0 saturated carbocycles. The van der Waals surface area contributed by atoms with Crippen molar-refractivity contribution in [3.05, 3.63) is 39.9 Å². The summed E-state index contributed by atoms with van der Waals surface area (Å²) in [6.07, 6.45) is 3.05. The van der Waals surface area contributed by atoms with E-state index >= 15 is 0 Å². The van der Waals surface area contributed by atoms with Crippen molar-refractivity contribution < 1.29 is 5.11 Å². The third-order valence-electron chi connectivity index (χ3n) is 3.97. The van der Waals surface area contributed by atoms with E-state index in [2.05, 4.69) is 59.8 Å². The molecule has 0 aromatic heterocycles. The van der Waals surface area contributed by atoms with Gasteiger partial charge in [-0.05, 0) is 36.5 Å². The predicted octanol–water partition coefficient (Wildman–Crippen LogP) is 4.69. The second-order valence-electron chi connectivity index (χ2n) is 6.56. The van der Waals surface area contributed by atoms with Gasteiger partial charge in [0.05, 0.1) is 6.10 Å². The number of halogens is 1. The molecule has 0 fully saturated rings. The van der Waals surface area contributed by atoms with Crippen LogP contribution < -0.4 is 4.90 Å². The summed E-state index contributed by atoms with van der Waals surface area (Å²) in [4.78, 5) is 2.38. The number of aliphatic hydroxyl groups is 1. The van der Waals surface area contributed by atoms with Crippen molar-refractivity contribution in [3.8, 4) is 0 Å². The Hall–Kier alpha value is -0.800. The number of anilines is 1. The molecule has 0 radical (unpaired) electrons. The molecule has 1 aliphatic rings. The van der Waals surface area contributed by atoms with Crippen molar-refractivity contribution >= 4 is 21.6 Å². The molecular formula is C17H24BrNO. The lowest BCUT2D eigenvalue weighted by Gasteiger charge is -2.33. The van der Waals surface area contributed by atoms with E-state index in [9.17, 15) is 5.11 Å². The summed E-state index contributed by atoms with van der Waals surface area (Å²) < 4.78 is 0.982. The minimum Gasteiger partial charge on any atom is -0.389 e. The summed E-state index contributed by atoms with van der Waals surface area (Å²) >= 11 is 3.56. The summed E-state index contributed by atoms with van der Waals surface area (Å²) in [6, 6.07) is 6.22. The highest BCUT2D eigenvalue weighted by Gasteiger charge is 2.21. The maximum absolute atomic E-state index is 9.68. The average molecular weight is 338 g/mol. The summed E-state index contributed by atoms with van der Waals surface area (Å²) in [5.74, 6) is 0. The molecule has 1 heterocycles. The first-order valence-corrected chi connectivity index (χ1v) is 8.00. The largest absolute Gasteiger partial charge is 0.389 e. The Kier molecular flexibility index (Phi) is 4.60. The molecular weight excluding hydrogens is 314 g/mol. The van der Waals surface area contributed by atoms with Gasteiger partial charge < -0.3 is 10.0 Å². The van der Waals surface area contributed by atoms with Crippen LogP contribution in [0.2, 0.25) is 0 Å². The van der Waals surface area contributed by atoms with Gasteiger partial charge in [-0.1, -0.05) is 54.4 Å². The van der Waals surface area contributed by atoms with E-state index in [1.54, 1.807) is 12.5 Å². The van der Waals surface area contributed by atoms with Crippen LogP contribution in [0.4, 0.5) is 5.69 Å². The molecule has 110 valence electrons. The van der Waals surface area contributed by atoms with Crippen LogP contribution in [0.3, 0.4) is 0 Å². The second-order valence-corrected chi connectivity index (χ2v) is 7.41. The van der Waals surface area contributed by atoms with Gasteiger partial charge in [-0.2, -0.15) is 0 Å². The van der Waals surface area contributed by atoms with Crippen molar-refractivity contribution in [2.45, 2.75) is 40.2 Å². The van der Waals surface area contributed by atoms with Crippen LogP contribution in [0.5, 0.6) is 0 Å². The number of nitrogens with zero attached hydrogens (tertiary/aromatic N) is 1. The fourth-order valence-electron chi connectivity index (χ4n) is 2.64. The first-order chi connectivity index (χ1) is 9.29. The van der Waals surface area contributed by atoms with Crippen LogP contribution in [-0.4, -0.2) is 18.2 Å². The van der Waals surface area contributed by atoms with E-state index in [-0.39, 0.29) is 5.41 Å². The Labute approximate surface area is 130 Å². The molecule has 0 bridgehead atoms. The van der Waals surface area contributed by atoms with Gasteiger partial charge in [0.2, 0.25) is 0 Å². The number of hydrogen-bond acceptors (Lipinski definition) is 2. The average Bonchev–Trinajstić information content (AvgIpc) is 2.37. The molecule has 1 aromatic carbocycles. The molecule has 0 unspecified atom stereocenters. The zero-order valence-corrected chi connectivity index (χ0v) is 14.4. The van der Waals surface area contributed by atoms with Gasteiger partial charge in [-0.15, -0.1) is 0 Å². The molecule has 0 aliphatic carbocycles. The lowest BCUT2D eigenvalue weighted by atomic mass is 9.83. The van der Waals surface area contributed by atoms with Gasteiger partial charge in [-0.25, -0.2) is 0 Å². The van der Waals surface area contributed by atoms with Gasteiger partial charge in [0.1, 0.15) is 0 Å². The van der Waals surface area contributed by atoms with Crippen LogP contribution in [0.25, 0.3) is 0 Å². The van der Waals surface area contributed by atoms with Gasteiger partial charge >= 0.3 is 0 Å². The molecule has 20 heavy (non-hydrogen) atoms. The number of benzene rings is 1. The van der Waals surface area contributed by atoms with Crippen LogP contribution in [0.15, 0.2) is 34.3 Å². The summed E-state index contributed by atoms with van der Waals surface area (Å²) in [6.45, 7) is 10.7. The van der Waals surface area contributed by atoms with Gasteiger partial charge in [-0.3, -0.25) is 0 Å². The van der Waals surface area contributed by atoms with Crippen molar-refractivity contribution in [1.82, 2.24) is 0 Å². The number of aliphatic hydroxyl groups excluding tert-OH is 1. The lowest BCUT2D eigenvalue weighted by Crippen LogP contribution is -2.31. The van der Waals surface area contributed by atoms with Crippen molar-refractivity contribution in [1.29, 1.82) is 0 Å². The second kappa shape index (κ2) is 5.90. The first kappa shape index (κ1) is 15.6. The molecule has 1 atom stereocenters. The van der Waals surface area contributed by atoms with Gasteiger partial charge in [0.25, 0.3) is 0 Å². The van der Waals surface area contributed by atoms with Crippen molar-refractivity contribution in [2.75, 3.05) is 18.0 Å². The lowest BCUT2D eigenvalue weighted by molar-refractivity contribution is 0.198. The minimum atomic E-state index is -0.438. The highest BCUT2D eigenvalue weighted by atomic mass is 79.9. The minimum absolute atomic E-state index is 0.281. The molecule has 1 aliphatic heterocycles. The molecule has 2 rings (SSSR count). The Bertz CT molecular complexity index is 514. The van der Waals surface area contributed by atoms with E-state index in [4.69, 9.17) is 0 Å². The Morgan fingerprint density at radius 1 is 1.30 bits per heavy atom. The normalized spacial score (nSPS) is 17.9. The zero-order chi connectivity index (χ0) is 14.9. The highest BCUT2D eigenvalue weighted by molar-refractivity contribution is 9.10. The predicted molar refractivity (Wildman–Crippen MR) is 89.1 cm³/mol. The molecule has 3 heteroatoms. The topological polar surface area (TPSA) is 23.5 Å². The van der Waals surface area contributed by atoms with Crippen molar-refractivity contribution in [3.63, 3.8) is 0 Å². The monoisotopic (exact) mass is 337 g/mol. The van der Waals surface area contributed by atoms with E-state index in [1.165, 1.54) is 5.69 Å². The Morgan fingerprint density at radius 2 is 2.00 bits per heavy atom. The van der Waals surface area contributed by atoms with E-state index in [0.717, 1.165) is 29.5 Å². The SMILES string of the molecule is C[C@@H](O)c1ccc(N2CC=C(C(C)(C)C)CC2)cc1Br. The molecule has 2 nitrogen and oxygen atoms in total. The van der Waals surface area contributed by atoms with Crippen LogP contribution in [0.1, 0.15) is 45.8 Å². The quantitative estimate of drug-likeness (QED) is 0.791. The Balaban J connectivity index is 2.15. The molecule has 1 aromatic rings. The van der Waals surface area contributed by atoms with Gasteiger partial charge in [0, 0.05) is 23.2 Å². The summed E-state index contributed by atoms with van der Waals surface area (Å²) in [5.41, 5.74) is 3.98. The highest BCUT2D eigenvalue weighted by Crippen LogP contribution is 2.33. The molecule has 1 N–H and O–H groups in total. The molecule has 0 spiro atoms. The zero-order valence-electron chi connectivity index (χ0n) is 12.8. The van der Waals surface area contributed by atoms with E-state index < -0.39 is 6.10 Å². The molecule has 0 amide bonds. The third-order valence-corrected chi connectivity index (χ3v) is 4.66. The maximum Gasteiger partial charge on any atom is 0.0772 e. The van der Waals surface area contributed by atoms with Gasteiger partial charge in [0.15, 0.2) is 0 Å². The van der Waals surface area contributed by atoms with E-state index in [1.807, 2.05) is 6.07 Å². The van der Waals surface area contributed by atoms with E-state index in [0.29, 0.717) is 0 Å². The smallest absolute Gasteiger partial charge is 0.0772 e. The van der Waals surface area contributed by atoms with Crippen LogP contribution in [-0.2, 0) is 0 Å². The fourth-order valence-corrected chi connectivity index (χ4v) is 3.33. The van der Waals surface area contributed by atoms with Crippen molar-refractivity contribution in [2.24, 2.45) is 5.41 Å². The summed E-state index contributed by atoms with van der Waals surface area (Å²) in [5, 5.41) is 9.68. The van der Waals surface area contributed by atoms with Crippen LogP contribution in [0, 0.1) is 5.41 Å². The first-order valence-electron chi connectivity index (χ1n) is 7.21. The number of hydrogen-bond donors (Lipinski definition) is 1.